The van der Waals surface area contributed by atoms with Gasteiger partial charge in [-0.3, -0.25) is 0 Å². The molecule has 0 aliphatic heterocycles. The van der Waals surface area contributed by atoms with Crippen molar-refractivity contribution >= 4 is 0 Å². The molecule has 4 heteroatoms. The van der Waals surface area contributed by atoms with Gasteiger partial charge >= 0.3 is 0 Å². The highest BCUT2D eigenvalue weighted by molar-refractivity contribution is 5.35. The number of nitrogens with zero attached hydrogens (tertiary/aromatic N) is 3. The molecule has 0 aromatic carbocycles. The van der Waals surface area contributed by atoms with E-state index in [1.165, 1.54) is 19.0 Å². The van der Waals surface area contributed by atoms with Crippen molar-refractivity contribution in [3.05, 3.63) is 17.8 Å². The van der Waals surface area contributed by atoms with E-state index < -0.39 is 0 Å². The maximum Gasteiger partial charge on any atom is 0.251 e. The molecular weight excluding hydrogens is 202 g/mol. The van der Waals surface area contributed by atoms with Crippen LogP contribution in [-0.4, -0.2) is 16.3 Å². The largest absolute Gasteiger partial charge is 0.472 e. The van der Waals surface area contributed by atoms with Gasteiger partial charge < -0.3 is 4.74 Å². The van der Waals surface area contributed by atoms with Gasteiger partial charge in [0.25, 0.3) is 5.88 Å². The van der Waals surface area contributed by atoms with E-state index >= 15 is 0 Å². The fraction of sp³-hybridized carbons (Fsp3) is 0.583. The van der Waals surface area contributed by atoms with Crippen molar-refractivity contribution in [3.8, 4) is 11.9 Å². The zero-order valence-electron chi connectivity index (χ0n) is 9.39. The van der Waals surface area contributed by atoms with Gasteiger partial charge in [-0.15, -0.1) is 5.10 Å². The minimum absolute atomic E-state index is 0.194. The van der Waals surface area contributed by atoms with Crippen molar-refractivity contribution in [2.45, 2.75) is 38.7 Å². The number of rotatable bonds is 2. The standard InChI is InChI=1S/C12H15N3O/c1-9-2-4-11(5-3-9)16-12-10(8-13)6-7-14-15-12/h6-7,9,11H,2-5H2,1H3. The molecule has 84 valence electrons. The van der Waals surface area contributed by atoms with Gasteiger partial charge in [0, 0.05) is 0 Å². The van der Waals surface area contributed by atoms with Crippen LogP contribution in [0.2, 0.25) is 0 Å². The Morgan fingerprint density at radius 2 is 2.12 bits per heavy atom. The van der Waals surface area contributed by atoms with Crippen LogP contribution in [0.25, 0.3) is 0 Å². The lowest BCUT2D eigenvalue weighted by atomic mass is 9.89. The molecule has 0 radical (unpaired) electrons. The van der Waals surface area contributed by atoms with Gasteiger partial charge in [0.1, 0.15) is 17.7 Å². The molecule has 2 rings (SSSR count). The first-order chi connectivity index (χ1) is 7.79. The monoisotopic (exact) mass is 217 g/mol. The van der Waals surface area contributed by atoms with Crippen molar-refractivity contribution in [3.63, 3.8) is 0 Å². The molecule has 0 atom stereocenters. The van der Waals surface area contributed by atoms with Gasteiger partial charge in [0.05, 0.1) is 6.20 Å². The molecule has 0 N–H and O–H groups in total. The van der Waals surface area contributed by atoms with Crippen LogP contribution in [0.15, 0.2) is 12.3 Å². The SMILES string of the molecule is CC1CCC(Oc2nnccc2C#N)CC1. The van der Waals surface area contributed by atoms with Crippen LogP contribution >= 0.6 is 0 Å². The molecule has 1 saturated carbocycles. The lowest BCUT2D eigenvalue weighted by molar-refractivity contribution is 0.128. The number of ether oxygens (including phenoxy) is 1. The van der Waals surface area contributed by atoms with Crippen molar-refractivity contribution in [2.75, 3.05) is 0 Å². The Hall–Kier alpha value is -1.63. The van der Waals surface area contributed by atoms with E-state index in [4.69, 9.17) is 10.00 Å². The predicted molar refractivity (Wildman–Crippen MR) is 58.8 cm³/mol. The van der Waals surface area contributed by atoms with E-state index in [0.29, 0.717) is 11.4 Å². The van der Waals surface area contributed by atoms with Gasteiger partial charge in [-0.1, -0.05) is 6.92 Å². The van der Waals surface area contributed by atoms with Crippen molar-refractivity contribution < 1.29 is 4.74 Å². The van der Waals surface area contributed by atoms with Crippen LogP contribution < -0.4 is 4.74 Å². The first kappa shape index (κ1) is 10.9. The minimum atomic E-state index is 0.194. The molecular formula is C12H15N3O. The molecule has 0 bridgehead atoms. The number of hydrogen-bond acceptors (Lipinski definition) is 4. The Morgan fingerprint density at radius 3 is 2.81 bits per heavy atom. The molecule has 1 aromatic rings. The summed E-state index contributed by atoms with van der Waals surface area (Å²) in [6.45, 7) is 2.26. The quantitative estimate of drug-likeness (QED) is 0.762. The highest BCUT2D eigenvalue weighted by Crippen LogP contribution is 2.27. The average molecular weight is 217 g/mol. The molecule has 4 nitrogen and oxygen atoms in total. The Balaban J connectivity index is 2.01. The summed E-state index contributed by atoms with van der Waals surface area (Å²) in [5.74, 6) is 1.17. The summed E-state index contributed by atoms with van der Waals surface area (Å²) in [5, 5.41) is 16.5. The summed E-state index contributed by atoms with van der Waals surface area (Å²) in [7, 11) is 0. The Kier molecular flexibility index (Phi) is 3.35. The van der Waals surface area contributed by atoms with Gasteiger partial charge in [-0.05, 0) is 37.7 Å². The van der Waals surface area contributed by atoms with Crippen molar-refractivity contribution in [2.24, 2.45) is 5.92 Å². The fourth-order valence-electron chi connectivity index (χ4n) is 2.00. The van der Waals surface area contributed by atoms with Gasteiger partial charge in [-0.2, -0.15) is 10.4 Å². The normalized spacial score (nSPS) is 24.8. The number of hydrogen-bond donors (Lipinski definition) is 0. The minimum Gasteiger partial charge on any atom is -0.472 e. The van der Waals surface area contributed by atoms with Gasteiger partial charge in [0.2, 0.25) is 0 Å². The summed E-state index contributed by atoms with van der Waals surface area (Å²) >= 11 is 0. The highest BCUT2D eigenvalue weighted by Gasteiger charge is 2.21. The van der Waals surface area contributed by atoms with Crippen LogP contribution in [0.1, 0.15) is 38.2 Å². The van der Waals surface area contributed by atoms with E-state index in [1.54, 1.807) is 6.07 Å². The van der Waals surface area contributed by atoms with Crippen LogP contribution in [-0.2, 0) is 0 Å². The van der Waals surface area contributed by atoms with E-state index in [1.807, 2.05) is 0 Å². The average Bonchev–Trinajstić information content (AvgIpc) is 2.33. The van der Waals surface area contributed by atoms with Crippen LogP contribution in [0.4, 0.5) is 0 Å². The van der Waals surface area contributed by atoms with Crippen LogP contribution in [0.5, 0.6) is 5.88 Å². The molecule has 1 aromatic heterocycles. The maximum absolute atomic E-state index is 8.89. The maximum atomic E-state index is 8.89. The Labute approximate surface area is 95.3 Å². The summed E-state index contributed by atoms with van der Waals surface area (Å²) < 4.78 is 5.73. The molecule has 1 aliphatic rings. The summed E-state index contributed by atoms with van der Waals surface area (Å²) in [6.07, 6.45) is 6.17. The van der Waals surface area contributed by atoms with Crippen LogP contribution in [0, 0.1) is 17.2 Å². The third-order valence-electron chi connectivity index (χ3n) is 3.05. The molecule has 0 amide bonds. The molecule has 1 heterocycles. The van der Waals surface area contributed by atoms with E-state index in [9.17, 15) is 0 Å². The van der Waals surface area contributed by atoms with Crippen molar-refractivity contribution in [1.29, 1.82) is 5.26 Å². The van der Waals surface area contributed by atoms with Crippen LogP contribution in [0.3, 0.4) is 0 Å². The van der Waals surface area contributed by atoms with E-state index in [-0.39, 0.29) is 6.10 Å². The number of nitriles is 1. The summed E-state index contributed by atoms with van der Waals surface area (Å²) in [6, 6.07) is 3.70. The molecule has 0 saturated heterocycles. The fourth-order valence-corrected chi connectivity index (χ4v) is 2.00. The summed E-state index contributed by atoms with van der Waals surface area (Å²) in [4.78, 5) is 0. The first-order valence-electron chi connectivity index (χ1n) is 5.68. The van der Waals surface area contributed by atoms with Gasteiger partial charge in [-0.25, -0.2) is 0 Å². The predicted octanol–water partition coefficient (Wildman–Crippen LogP) is 2.31. The topological polar surface area (TPSA) is 58.8 Å². The zero-order valence-corrected chi connectivity index (χ0v) is 9.39. The molecule has 1 fully saturated rings. The number of aromatic nitrogens is 2. The molecule has 0 spiro atoms. The second kappa shape index (κ2) is 4.93. The first-order valence-corrected chi connectivity index (χ1v) is 5.68. The second-order valence-corrected chi connectivity index (χ2v) is 4.36. The highest BCUT2D eigenvalue weighted by atomic mass is 16.5. The Morgan fingerprint density at radius 1 is 1.38 bits per heavy atom. The van der Waals surface area contributed by atoms with E-state index in [0.717, 1.165) is 18.8 Å². The molecule has 1 aliphatic carbocycles. The summed E-state index contributed by atoms with van der Waals surface area (Å²) in [5.41, 5.74) is 0.466. The lowest BCUT2D eigenvalue weighted by Gasteiger charge is -2.26. The lowest BCUT2D eigenvalue weighted by Crippen LogP contribution is -2.23. The third-order valence-corrected chi connectivity index (χ3v) is 3.05. The van der Waals surface area contributed by atoms with Gasteiger partial charge in [0.15, 0.2) is 0 Å². The second-order valence-electron chi connectivity index (χ2n) is 4.36. The van der Waals surface area contributed by atoms with E-state index in [2.05, 4.69) is 23.2 Å². The molecule has 16 heavy (non-hydrogen) atoms. The molecule has 0 unspecified atom stereocenters. The smallest absolute Gasteiger partial charge is 0.251 e. The van der Waals surface area contributed by atoms with Crippen molar-refractivity contribution in [1.82, 2.24) is 10.2 Å². The zero-order chi connectivity index (χ0) is 11.4. The Bertz CT molecular complexity index is 391. The third kappa shape index (κ3) is 2.48.